The molecule has 0 radical (unpaired) electrons. The number of rotatable bonds is 5. The van der Waals surface area contributed by atoms with Gasteiger partial charge in [-0.05, 0) is 49.3 Å². The van der Waals surface area contributed by atoms with E-state index in [2.05, 4.69) is 10.1 Å². The Balaban J connectivity index is 1.70. The van der Waals surface area contributed by atoms with Crippen molar-refractivity contribution in [2.24, 2.45) is 11.8 Å². The number of likely N-dealkylation sites (tertiary alicyclic amines) is 1. The molecule has 2 aliphatic rings. The number of carboxylic acid groups (broad SMARTS) is 1. The zero-order valence-electron chi connectivity index (χ0n) is 14.5. The van der Waals surface area contributed by atoms with Gasteiger partial charge in [-0.3, -0.25) is 4.79 Å². The first-order valence-electron chi connectivity index (χ1n) is 8.87. The van der Waals surface area contributed by atoms with Crippen LogP contribution >= 0.6 is 0 Å². The van der Waals surface area contributed by atoms with Crippen LogP contribution in [0.1, 0.15) is 37.3 Å². The predicted octanol–water partition coefficient (Wildman–Crippen LogP) is 3.54. The Kier molecular flexibility index (Phi) is 5.48. The topological polar surface area (TPSA) is 78.9 Å². The molecular weight excluding hydrogens is 365 g/mol. The summed E-state index contributed by atoms with van der Waals surface area (Å²) in [6.45, 7) is 0.597. The first-order valence-corrected chi connectivity index (χ1v) is 8.87. The second-order valence-corrected chi connectivity index (χ2v) is 7.01. The number of carbonyl (C=O) groups excluding carboxylic acids is 1. The van der Waals surface area contributed by atoms with Crippen molar-refractivity contribution in [3.63, 3.8) is 0 Å². The van der Waals surface area contributed by atoms with Crippen molar-refractivity contribution in [1.29, 1.82) is 0 Å². The molecule has 6 nitrogen and oxygen atoms in total. The van der Waals surface area contributed by atoms with Crippen molar-refractivity contribution in [2.75, 3.05) is 13.1 Å². The van der Waals surface area contributed by atoms with Crippen LogP contribution in [-0.4, -0.2) is 41.5 Å². The van der Waals surface area contributed by atoms with Crippen LogP contribution in [0, 0.1) is 11.8 Å². The fraction of sp³-hybridized carbons (Fsp3) is 0.556. The van der Waals surface area contributed by atoms with Gasteiger partial charge in [-0.2, -0.15) is 0 Å². The molecule has 148 valence electrons. The lowest BCUT2D eigenvalue weighted by Gasteiger charge is -2.32. The van der Waals surface area contributed by atoms with E-state index >= 15 is 0 Å². The molecule has 2 N–H and O–H groups in total. The summed E-state index contributed by atoms with van der Waals surface area (Å²) in [6.07, 6.45) is -1.91. The molecule has 2 fully saturated rings. The Morgan fingerprint density at radius 3 is 2.63 bits per heavy atom. The Labute approximate surface area is 154 Å². The first-order chi connectivity index (χ1) is 12.7. The summed E-state index contributed by atoms with van der Waals surface area (Å²) in [4.78, 5) is 25.2. The molecule has 9 heteroatoms. The summed E-state index contributed by atoms with van der Waals surface area (Å²) in [5.74, 6) is -1.70. The van der Waals surface area contributed by atoms with Crippen molar-refractivity contribution in [3.8, 4) is 5.75 Å². The van der Waals surface area contributed by atoms with Gasteiger partial charge in [-0.1, -0.05) is 12.1 Å². The summed E-state index contributed by atoms with van der Waals surface area (Å²) in [5, 5.41) is 12.0. The van der Waals surface area contributed by atoms with Crippen molar-refractivity contribution >= 4 is 12.0 Å². The molecule has 2 unspecified atom stereocenters. The van der Waals surface area contributed by atoms with E-state index < -0.39 is 24.3 Å². The maximum Gasteiger partial charge on any atom is 0.573 e. The summed E-state index contributed by atoms with van der Waals surface area (Å²) >= 11 is 0. The third kappa shape index (κ3) is 5.27. The number of halogens is 3. The highest BCUT2D eigenvalue weighted by Gasteiger charge is 2.36. The van der Waals surface area contributed by atoms with Gasteiger partial charge in [0.2, 0.25) is 0 Å². The number of piperidine rings is 1. The molecule has 0 aromatic heterocycles. The summed E-state index contributed by atoms with van der Waals surface area (Å²) in [6, 6.07) is 4.79. The molecule has 27 heavy (non-hydrogen) atoms. The highest BCUT2D eigenvalue weighted by molar-refractivity contribution is 5.77. The number of carboxylic acids is 1. The number of nitrogens with one attached hydrogen (secondary N) is 1. The second-order valence-electron chi connectivity index (χ2n) is 7.01. The molecule has 0 spiro atoms. The number of urea groups is 1. The third-order valence-corrected chi connectivity index (χ3v) is 4.88. The van der Waals surface area contributed by atoms with Gasteiger partial charge in [-0.15, -0.1) is 13.2 Å². The Morgan fingerprint density at radius 2 is 2.00 bits per heavy atom. The zero-order valence-corrected chi connectivity index (χ0v) is 14.5. The van der Waals surface area contributed by atoms with Crippen molar-refractivity contribution in [1.82, 2.24) is 10.2 Å². The van der Waals surface area contributed by atoms with E-state index in [0.29, 0.717) is 24.9 Å². The van der Waals surface area contributed by atoms with Crippen LogP contribution in [0.5, 0.6) is 5.75 Å². The molecule has 0 bridgehead atoms. The predicted molar refractivity (Wildman–Crippen MR) is 89.1 cm³/mol. The fourth-order valence-corrected chi connectivity index (χ4v) is 3.40. The van der Waals surface area contributed by atoms with Gasteiger partial charge in [-0.25, -0.2) is 4.79 Å². The minimum absolute atomic E-state index is 0.135. The van der Waals surface area contributed by atoms with Crippen LogP contribution in [0.2, 0.25) is 0 Å². The Morgan fingerprint density at radius 1 is 1.26 bits per heavy atom. The van der Waals surface area contributed by atoms with Crippen molar-refractivity contribution in [3.05, 3.63) is 29.8 Å². The maximum atomic E-state index is 12.6. The molecular formula is C18H21F3N2O4. The highest BCUT2D eigenvalue weighted by atomic mass is 19.4. The van der Waals surface area contributed by atoms with Gasteiger partial charge in [0, 0.05) is 13.1 Å². The van der Waals surface area contributed by atoms with E-state index in [-0.39, 0.29) is 24.2 Å². The van der Waals surface area contributed by atoms with Crippen LogP contribution in [0.3, 0.4) is 0 Å². The summed E-state index contributed by atoms with van der Waals surface area (Å²) < 4.78 is 41.3. The molecule has 1 heterocycles. The molecule has 2 amide bonds. The molecule has 1 aliphatic heterocycles. The lowest BCUT2D eigenvalue weighted by molar-refractivity contribution is -0.274. The average Bonchev–Trinajstić information content (AvgIpc) is 3.43. The average molecular weight is 386 g/mol. The smallest absolute Gasteiger partial charge is 0.481 e. The monoisotopic (exact) mass is 386 g/mol. The van der Waals surface area contributed by atoms with Crippen LogP contribution in [-0.2, 0) is 4.79 Å². The highest BCUT2D eigenvalue weighted by Crippen LogP contribution is 2.42. The molecule has 1 saturated heterocycles. The minimum Gasteiger partial charge on any atom is -0.481 e. The van der Waals surface area contributed by atoms with Gasteiger partial charge in [0.05, 0.1) is 12.0 Å². The Hall–Kier alpha value is -2.45. The van der Waals surface area contributed by atoms with Crippen LogP contribution in [0.15, 0.2) is 24.3 Å². The van der Waals surface area contributed by atoms with E-state index in [1.807, 2.05) is 0 Å². The molecule has 3 rings (SSSR count). The minimum atomic E-state index is -4.78. The SMILES string of the molecule is O=C(O)C1CCCN(C(=O)NC(c2cccc(OC(F)(F)F)c2)C2CC2)C1. The number of amides is 2. The number of aliphatic carboxylic acids is 1. The second kappa shape index (κ2) is 7.66. The van der Waals surface area contributed by atoms with Gasteiger partial charge >= 0.3 is 18.4 Å². The molecule has 1 aliphatic carbocycles. The van der Waals surface area contributed by atoms with E-state index in [0.717, 1.165) is 12.8 Å². The van der Waals surface area contributed by atoms with Crippen molar-refractivity contribution in [2.45, 2.75) is 38.1 Å². The normalized spacial score (nSPS) is 21.4. The maximum absolute atomic E-state index is 12.6. The first kappa shape index (κ1) is 19.3. The van der Waals surface area contributed by atoms with E-state index in [4.69, 9.17) is 5.11 Å². The summed E-state index contributed by atoms with van der Waals surface area (Å²) in [5.41, 5.74) is 0.541. The van der Waals surface area contributed by atoms with Gasteiger partial charge in [0.25, 0.3) is 0 Å². The zero-order chi connectivity index (χ0) is 19.6. The van der Waals surface area contributed by atoms with Gasteiger partial charge in [0.1, 0.15) is 5.75 Å². The standard InChI is InChI=1S/C18H21F3N2O4/c19-18(20,21)27-14-5-1-3-12(9-14)15(11-6-7-11)22-17(26)23-8-2-4-13(10-23)16(24)25/h1,3,5,9,11,13,15H,2,4,6-8,10H2,(H,22,26)(H,24,25). The van der Waals surface area contributed by atoms with E-state index in [9.17, 15) is 22.8 Å². The van der Waals surface area contributed by atoms with Gasteiger partial charge < -0.3 is 20.1 Å². The lowest BCUT2D eigenvalue weighted by atomic mass is 9.98. The van der Waals surface area contributed by atoms with E-state index in [1.165, 1.54) is 23.1 Å². The lowest BCUT2D eigenvalue weighted by Crippen LogP contribution is -2.48. The van der Waals surface area contributed by atoms with Crippen LogP contribution in [0.4, 0.5) is 18.0 Å². The van der Waals surface area contributed by atoms with Gasteiger partial charge in [0.15, 0.2) is 0 Å². The quantitative estimate of drug-likeness (QED) is 0.811. The summed E-state index contributed by atoms with van der Waals surface area (Å²) in [7, 11) is 0. The Bertz CT molecular complexity index is 706. The van der Waals surface area contributed by atoms with Crippen LogP contribution in [0.25, 0.3) is 0 Å². The number of nitrogens with zero attached hydrogens (tertiary/aromatic N) is 1. The number of carbonyl (C=O) groups is 2. The third-order valence-electron chi connectivity index (χ3n) is 4.88. The molecule has 2 atom stereocenters. The number of hydrogen-bond donors (Lipinski definition) is 2. The largest absolute Gasteiger partial charge is 0.573 e. The van der Waals surface area contributed by atoms with E-state index in [1.54, 1.807) is 6.07 Å². The molecule has 1 aromatic rings. The number of alkyl halides is 3. The fourth-order valence-electron chi connectivity index (χ4n) is 3.40. The number of benzene rings is 1. The number of ether oxygens (including phenoxy) is 1. The molecule has 1 aromatic carbocycles. The van der Waals surface area contributed by atoms with Crippen LogP contribution < -0.4 is 10.1 Å². The number of hydrogen-bond acceptors (Lipinski definition) is 3. The molecule has 1 saturated carbocycles. The van der Waals surface area contributed by atoms with Crippen molar-refractivity contribution < 1.29 is 32.6 Å².